The summed E-state index contributed by atoms with van der Waals surface area (Å²) in [6.45, 7) is 0.436. The van der Waals surface area contributed by atoms with Crippen molar-refractivity contribution in [3.8, 4) is 12.3 Å². The van der Waals surface area contributed by atoms with E-state index in [9.17, 15) is 4.79 Å². The molecule has 2 heteroatoms. The molecule has 1 rings (SSSR count). The molecule has 2 nitrogen and oxygen atoms in total. The van der Waals surface area contributed by atoms with Crippen LogP contribution in [-0.2, 0) is 4.79 Å². The summed E-state index contributed by atoms with van der Waals surface area (Å²) >= 11 is 0. The van der Waals surface area contributed by atoms with Gasteiger partial charge in [-0.25, -0.2) is 0 Å². The van der Waals surface area contributed by atoms with Crippen molar-refractivity contribution >= 4 is 5.91 Å². The van der Waals surface area contributed by atoms with Crippen LogP contribution in [-0.4, -0.2) is 24.4 Å². The first-order valence-corrected chi connectivity index (χ1v) is 4.91. The van der Waals surface area contributed by atoms with Gasteiger partial charge in [-0.2, -0.15) is 0 Å². The van der Waals surface area contributed by atoms with Gasteiger partial charge in [0.05, 0.1) is 6.54 Å². The van der Waals surface area contributed by atoms with E-state index in [0.29, 0.717) is 18.9 Å². The highest BCUT2D eigenvalue weighted by Gasteiger charge is 2.19. The molecule has 0 aromatic rings. The molecule has 0 bridgehead atoms. The molecule has 0 saturated heterocycles. The average Bonchev–Trinajstić information content (AvgIpc) is 2.57. The summed E-state index contributed by atoms with van der Waals surface area (Å²) in [5, 5.41) is 0. The molecule has 0 radical (unpaired) electrons. The van der Waals surface area contributed by atoms with E-state index in [0.717, 1.165) is 0 Å². The molecule has 0 heterocycles. The first kappa shape index (κ1) is 10.1. The third-order valence-electron chi connectivity index (χ3n) is 2.69. The van der Waals surface area contributed by atoms with Gasteiger partial charge in [0.25, 0.3) is 0 Å². The van der Waals surface area contributed by atoms with E-state index in [1.165, 1.54) is 25.7 Å². The summed E-state index contributed by atoms with van der Waals surface area (Å²) < 4.78 is 0. The number of hydrogen-bond donors (Lipinski definition) is 0. The topological polar surface area (TPSA) is 20.3 Å². The minimum Gasteiger partial charge on any atom is -0.335 e. The lowest BCUT2D eigenvalue weighted by Crippen LogP contribution is -2.28. The van der Waals surface area contributed by atoms with Gasteiger partial charge >= 0.3 is 0 Å². The predicted octanol–water partition coefficient (Wildman–Crippen LogP) is 1.66. The first-order valence-electron chi connectivity index (χ1n) is 4.91. The fraction of sp³-hybridized carbons (Fsp3) is 0.727. The van der Waals surface area contributed by atoms with Gasteiger partial charge in [-0.1, -0.05) is 18.8 Å². The Hall–Kier alpha value is -0.970. The molecule has 0 unspecified atom stereocenters. The van der Waals surface area contributed by atoms with Gasteiger partial charge < -0.3 is 4.90 Å². The lowest BCUT2D eigenvalue weighted by Gasteiger charge is -2.16. The van der Waals surface area contributed by atoms with Crippen molar-refractivity contribution in [3.63, 3.8) is 0 Å². The van der Waals surface area contributed by atoms with E-state index in [4.69, 9.17) is 6.42 Å². The molecule has 1 fully saturated rings. The van der Waals surface area contributed by atoms with Gasteiger partial charge in [0.2, 0.25) is 5.91 Å². The molecule has 1 amide bonds. The number of nitrogens with zero attached hydrogens (tertiary/aromatic N) is 1. The molecular weight excluding hydrogens is 162 g/mol. The van der Waals surface area contributed by atoms with Crippen LogP contribution in [0.15, 0.2) is 0 Å². The largest absolute Gasteiger partial charge is 0.335 e. The number of carbonyl (C=O) groups excluding carboxylic acids is 1. The fourth-order valence-corrected chi connectivity index (χ4v) is 1.84. The van der Waals surface area contributed by atoms with Gasteiger partial charge in [0, 0.05) is 13.5 Å². The van der Waals surface area contributed by atoms with E-state index in [2.05, 4.69) is 5.92 Å². The zero-order chi connectivity index (χ0) is 9.68. The Morgan fingerprint density at radius 2 is 2.15 bits per heavy atom. The number of hydrogen-bond acceptors (Lipinski definition) is 1. The average molecular weight is 179 g/mol. The zero-order valence-electron chi connectivity index (χ0n) is 8.25. The molecular formula is C11H17NO. The van der Waals surface area contributed by atoms with Crippen LogP contribution in [0.5, 0.6) is 0 Å². The molecule has 0 aliphatic heterocycles. The van der Waals surface area contributed by atoms with Crippen molar-refractivity contribution in [1.82, 2.24) is 4.90 Å². The first-order chi connectivity index (χ1) is 6.24. The normalized spacial score (nSPS) is 16.9. The molecule has 0 spiro atoms. The van der Waals surface area contributed by atoms with Crippen LogP contribution >= 0.6 is 0 Å². The fourth-order valence-electron chi connectivity index (χ4n) is 1.84. The quantitative estimate of drug-likeness (QED) is 0.603. The van der Waals surface area contributed by atoms with Crippen molar-refractivity contribution in [2.24, 2.45) is 5.92 Å². The summed E-state index contributed by atoms with van der Waals surface area (Å²) in [4.78, 5) is 13.2. The van der Waals surface area contributed by atoms with E-state index in [1.807, 2.05) is 0 Å². The van der Waals surface area contributed by atoms with Crippen LogP contribution in [0.4, 0.5) is 0 Å². The van der Waals surface area contributed by atoms with Crippen molar-refractivity contribution in [2.45, 2.75) is 32.1 Å². The molecule has 0 aromatic carbocycles. The second kappa shape index (κ2) is 4.91. The summed E-state index contributed by atoms with van der Waals surface area (Å²) in [6.07, 6.45) is 10.8. The molecule has 0 atom stereocenters. The maximum atomic E-state index is 11.5. The minimum absolute atomic E-state index is 0.199. The Morgan fingerprint density at radius 1 is 1.54 bits per heavy atom. The third-order valence-corrected chi connectivity index (χ3v) is 2.69. The molecule has 0 N–H and O–H groups in total. The SMILES string of the molecule is C#CCN(C)C(=O)CC1CCCC1. The van der Waals surface area contributed by atoms with Crippen LogP contribution < -0.4 is 0 Å². The highest BCUT2D eigenvalue weighted by atomic mass is 16.2. The lowest BCUT2D eigenvalue weighted by molar-refractivity contribution is -0.130. The molecule has 72 valence electrons. The summed E-state index contributed by atoms with van der Waals surface area (Å²) in [7, 11) is 1.77. The van der Waals surface area contributed by atoms with Gasteiger partial charge in [-0.15, -0.1) is 6.42 Å². The Labute approximate surface area is 80.3 Å². The Balaban J connectivity index is 2.27. The van der Waals surface area contributed by atoms with Crippen LogP contribution in [0.1, 0.15) is 32.1 Å². The maximum Gasteiger partial charge on any atom is 0.223 e. The van der Waals surface area contributed by atoms with Gasteiger partial charge in [0.1, 0.15) is 0 Å². The maximum absolute atomic E-state index is 11.5. The standard InChI is InChI=1S/C11H17NO/c1-3-8-12(2)11(13)9-10-6-4-5-7-10/h1,10H,4-9H2,2H3. The van der Waals surface area contributed by atoms with Crippen molar-refractivity contribution in [2.75, 3.05) is 13.6 Å². The molecule has 0 aromatic heterocycles. The zero-order valence-corrected chi connectivity index (χ0v) is 8.25. The lowest BCUT2D eigenvalue weighted by atomic mass is 10.0. The number of rotatable bonds is 3. The Morgan fingerprint density at radius 3 is 2.69 bits per heavy atom. The summed E-state index contributed by atoms with van der Waals surface area (Å²) in [5.74, 6) is 3.30. The molecule has 13 heavy (non-hydrogen) atoms. The predicted molar refractivity (Wildman–Crippen MR) is 53.0 cm³/mol. The van der Waals surface area contributed by atoms with E-state index in [1.54, 1.807) is 11.9 Å². The van der Waals surface area contributed by atoms with Crippen LogP contribution in [0.2, 0.25) is 0 Å². The third kappa shape index (κ3) is 3.10. The smallest absolute Gasteiger partial charge is 0.223 e. The van der Waals surface area contributed by atoms with Gasteiger partial charge in [-0.3, -0.25) is 4.79 Å². The second-order valence-electron chi connectivity index (χ2n) is 3.81. The number of carbonyl (C=O) groups is 1. The summed E-state index contributed by atoms with van der Waals surface area (Å²) in [5.41, 5.74) is 0. The molecule has 1 aliphatic rings. The number of terminal acetylenes is 1. The molecule has 1 saturated carbocycles. The van der Waals surface area contributed by atoms with Crippen molar-refractivity contribution in [1.29, 1.82) is 0 Å². The van der Waals surface area contributed by atoms with E-state index >= 15 is 0 Å². The van der Waals surface area contributed by atoms with E-state index in [-0.39, 0.29) is 5.91 Å². The van der Waals surface area contributed by atoms with Crippen LogP contribution in [0.3, 0.4) is 0 Å². The van der Waals surface area contributed by atoms with Crippen LogP contribution in [0, 0.1) is 18.3 Å². The van der Waals surface area contributed by atoms with Gasteiger partial charge in [-0.05, 0) is 18.8 Å². The van der Waals surface area contributed by atoms with Gasteiger partial charge in [0.15, 0.2) is 0 Å². The molecule has 1 aliphatic carbocycles. The monoisotopic (exact) mass is 179 g/mol. The highest BCUT2D eigenvalue weighted by Crippen LogP contribution is 2.27. The van der Waals surface area contributed by atoms with Crippen molar-refractivity contribution in [3.05, 3.63) is 0 Å². The Bertz CT molecular complexity index is 211. The highest BCUT2D eigenvalue weighted by molar-refractivity contribution is 5.76. The van der Waals surface area contributed by atoms with Crippen molar-refractivity contribution < 1.29 is 4.79 Å². The number of amides is 1. The van der Waals surface area contributed by atoms with Crippen LogP contribution in [0.25, 0.3) is 0 Å². The van der Waals surface area contributed by atoms with E-state index < -0.39 is 0 Å². The summed E-state index contributed by atoms with van der Waals surface area (Å²) in [6, 6.07) is 0. The Kier molecular flexibility index (Phi) is 3.82. The second-order valence-corrected chi connectivity index (χ2v) is 3.81. The minimum atomic E-state index is 0.199.